The Balaban J connectivity index is 1.34. The zero-order valence-corrected chi connectivity index (χ0v) is 27.5. The van der Waals surface area contributed by atoms with Crippen LogP contribution >= 0.6 is 0 Å². The van der Waals surface area contributed by atoms with Gasteiger partial charge in [-0.15, -0.1) is 0 Å². The maximum Gasteiger partial charge on any atom is 0.238 e. The van der Waals surface area contributed by atoms with Crippen LogP contribution in [0.25, 0.3) is 44.7 Å². The summed E-state index contributed by atoms with van der Waals surface area (Å²) in [6.45, 7) is 0. The van der Waals surface area contributed by atoms with Crippen molar-refractivity contribution in [3.05, 3.63) is 164 Å². The predicted molar refractivity (Wildman–Crippen MR) is 201 cm³/mol. The Morgan fingerprint density at radius 3 is 1.74 bits per heavy atom. The van der Waals surface area contributed by atoms with Crippen LogP contribution in [0.3, 0.4) is 0 Å². The highest BCUT2D eigenvalue weighted by atomic mass is 32.2. The van der Waals surface area contributed by atoms with Gasteiger partial charge in [-0.2, -0.15) is 9.97 Å². The molecule has 1 unspecified atom stereocenters. The number of para-hydroxylation sites is 2. The zero-order chi connectivity index (χ0) is 33.2. The first-order valence-corrected chi connectivity index (χ1v) is 17.6. The van der Waals surface area contributed by atoms with Gasteiger partial charge in [0.1, 0.15) is 0 Å². The lowest BCUT2D eigenvalue weighted by molar-refractivity contribution is 0.682. The van der Waals surface area contributed by atoms with Crippen molar-refractivity contribution in [2.75, 3.05) is 9.80 Å². The molecule has 50 heavy (non-hydrogen) atoms. The fourth-order valence-electron chi connectivity index (χ4n) is 7.21. The molecule has 7 aromatic carbocycles. The summed E-state index contributed by atoms with van der Waals surface area (Å²) in [6.07, 6.45) is 0. The number of aromatic nitrogens is 3. The second-order valence-electron chi connectivity index (χ2n) is 12.2. The Morgan fingerprint density at radius 1 is 0.440 bits per heavy atom. The van der Waals surface area contributed by atoms with Crippen molar-refractivity contribution in [3.63, 3.8) is 0 Å². The van der Waals surface area contributed by atoms with Crippen LogP contribution in [-0.4, -0.2) is 19.2 Å². The molecule has 2 aliphatic rings. The van der Waals surface area contributed by atoms with Crippen LogP contribution in [0, 0.1) is 0 Å². The Bertz CT molecular complexity index is 2570. The Kier molecular flexibility index (Phi) is 6.47. The van der Waals surface area contributed by atoms with Crippen molar-refractivity contribution in [1.82, 2.24) is 15.0 Å². The first-order chi connectivity index (χ1) is 24.7. The molecule has 0 saturated heterocycles. The van der Waals surface area contributed by atoms with E-state index in [4.69, 9.17) is 15.0 Å². The number of hydrogen-bond acceptors (Lipinski definition) is 6. The van der Waals surface area contributed by atoms with E-state index in [0.29, 0.717) is 17.6 Å². The summed E-state index contributed by atoms with van der Waals surface area (Å²) >= 11 is 0. The standard InChI is InChI=1S/C43H27N5OS/c49-50-36-25-11-10-23-34(36)47(31-20-8-3-9-21-31)40-37(50)27-26-33-32-22-12-18-28-19-13-24-35(38(28)32)48(39(33)40)43-45-41(29-14-4-1-5-15-29)44-42(46-43)30-16-6-2-7-17-30/h1-27H. The summed E-state index contributed by atoms with van der Waals surface area (Å²) in [5, 5.41) is 2.22. The van der Waals surface area contributed by atoms with Gasteiger partial charge in [-0.05, 0) is 47.3 Å². The summed E-state index contributed by atoms with van der Waals surface area (Å²) in [5.74, 6) is 1.62. The lowest BCUT2D eigenvalue weighted by atomic mass is 9.90. The average Bonchev–Trinajstić information content (AvgIpc) is 3.19. The zero-order valence-electron chi connectivity index (χ0n) is 26.6. The van der Waals surface area contributed by atoms with E-state index in [0.717, 1.165) is 71.3 Å². The van der Waals surface area contributed by atoms with Crippen molar-refractivity contribution in [2.24, 2.45) is 0 Å². The van der Waals surface area contributed by atoms with Crippen molar-refractivity contribution in [1.29, 1.82) is 0 Å². The first kappa shape index (κ1) is 28.6. The summed E-state index contributed by atoms with van der Waals surface area (Å²) in [4.78, 5) is 21.4. The van der Waals surface area contributed by atoms with E-state index in [2.05, 4.69) is 64.4 Å². The van der Waals surface area contributed by atoms with E-state index in [1.165, 1.54) is 0 Å². The number of fused-ring (bicyclic) bond motifs is 5. The molecule has 236 valence electrons. The largest absolute Gasteiger partial charge is 0.306 e. The highest BCUT2D eigenvalue weighted by molar-refractivity contribution is 7.85. The maximum atomic E-state index is 14.6. The van der Waals surface area contributed by atoms with Crippen LogP contribution in [0.15, 0.2) is 174 Å². The van der Waals surface area contributed by atoms with Gasteiger partial charge in [0, 0.05) is 27.8 Å². The average molecular weight is 662 g/mol. The lowest BCUT2D eigenvalue weighted by Gasteiger charge is -2.40. The highest BCUT2D eigenvalue weighted by Crippen LogP contribution is 2.59. The van der Waals surface area contributed by atoms with E-state index < -0.39 is 10.8 Å². The first-order valence-electron chi connectivity index (χ1n) is 16.5. The predicted octanol–water partition coefficient (Wildman–Crippen LogP) is 10.8. The monoisotopic (exact) mass is 661 g/mol. The third kappa shape index (κ3) is 4.34. The normalized spacial score (nSPS) is 14.2. The van der Waals surface area contributed by atoms with Crippen LogP contribution in [0.1, 0.15) is 0 Å². The van der Waals surface area contributed by atoms with Crippen LogP contribution in [0.2, 0.25) is 0 Å². The maximum absolute atomic E-state index is 14.6. The third-order valence-electron chi connectivity index (χ3n) is 9.38. The number of hydrogen-bond donors (Lipinski definition) is 0. The van der Waals surface area contributed by atoms with Gasteiger partial charge >= 0.3 is 0 Å². The molecule has 3 heterocycles. The Labute approximate surface area is 291 Å². The lowest BCUT2D eigenvalue weighted by Crippen LogP contribution is -2.26. The van der Waals surface area contributed by atoms with E-state index in [1.54, 1.807) is 0 Å². The van der Waals surface area contributed by atoms with Crippen LogP contribution < -0.4 is 9.80 Å². The molecule has 0 spiro atoms. The smallest absolute Gasteiger partial charge is 0.238 e. The van der Waals surface area contributed by atoms with Gasteiger partial charge in [-0.25, -0.2) is 9.19 Å². The Morgan fingerprint density at radius 2 is 1.04 bits per heavy atom. The van der Waals surface area contributed by atoms with E-state index >= 15 is 0 Å². The van der Waals surface area contributed by atoms with Gasteiger partial charge in [-0.3, -0.25) is 4.90 Å². The second kappa shape index (κ2) is 11.3. The summed E-state index contributed by atoms with van der Waals surface area (Å²) in [7, 11) is -1.44. The van der Waals surface area contributed by atoms with Gasteiger partial charge < -0.3 is 4.90 Å². The van der Waals surface area contributed by atoms with Gasteiger partial charge in [0.25, 0.3) is 0 Å². The minimum absolute atomic E-state index is 0.479. The number of benzene rings is 7. The van der Waals surface area contributed by atoms with Crippen LogP contribution in [-0.2, 0) is 10.8 Å². The molecule has 0 bridgehead atoms. The van der Waals surface area contributed by atoms with Crippen LogP contribution in [0.4, 0.5) is 34.4 Å². The van der Waals surface area contributed by atoms with Gasteiger partial charge in [0.2, 0.25) is 5.95 Å². The number of anilines is 6. The molecule has 0 aliphatic carbocycles. The van der Waals surface area contributed by atoms with Crippen molar-refractivity contribution in [2.45, 2.75) is 9.79 Å². The van der Waals surface area contributed by atoms with E-state index in [-0.39, 0.29) is 0 Å². The molecule has 10 rings (SSSR count). The SMILES string of the molecule is O=S1c2ccccc2N(c2ccccc2)c2c1ccc1c2N(c2nc(-c3ccccc3)nc(-c3ccccc3)n2)c2cccc3cccc-1c23. The fraction of sp³-hybridized carbons (Fsp3) is 0. The molecular formula is C43H27N5OS. The minimum Gasteiger partial charge on any atom is -0.306 e. The third-order valence-corrected chi connectivity index (χ3v) is 10.9. The molecule has 8 aromatic rings. The van der Waals surface area contributed by atoms with Gasteiger partial charge in [0.05, 0.1) is 43.3 Å². The molecule has 7 heteroatoms. The minimum atomic E-state index is -1.44. The molecule has 6 nitrogen and oxygen atoms in total. The Hall–Kier alpha value is -6.44. The van der Waals surface area contributed by atoms with Gasteiger partial charge in [-0.1, -0.05) is 127 Å². The number of nitrogens with zero attached hydrogens (tertiary/aromatic N) is 5. The summed E-state index contributed by atoms with van der Waals surface area (Å²) in [6, 6.07) is 55.2. The van der Waals surface area contributed by atoms with Crippen molar-refractivity contribution >= 4 is 56.0 Å². The molecule has 0 N–H and O–H groups in total. The van der Waals surface area contributed by atoms with Crippen LogP contribution in [0.5, 0.6) is 0 Å². The topological polar surface area (TPSA) is 62.2 Å². The molecule has 2 aliphatic heterocycles. The summed E-state index contributed by atoms with van der Waals surface area (Å²) < 4.78 is 14.6. The summed E-state index contributed by atoms with van der Waals surface area (Å²) in [5.41, 5.74) is 8.37. The van der Waals surface area contributed by atoms with E-state index in [9.17, 15) is 4.21 Å². The molecule has 1 atom stereocenters. The molecule has 0 amide bonds. The van der Waals surface area contributed by atoms with Crippen molar-refractivity contribution in [3.8, 4) is 33.9 Å². The highest BCUT2D eigenvalue weighted by Gasteiger charge is 2.38. The molecule has 1 aromatic heterocycles. The molecule has 0 radical (unpaired) electrons. The molecular weight excluding hydrogens is 635 g/mol. The second-order valence-corrected chi connectivity index (χ2v) is 13.7. The molecule has 0 fully saturated rings. The number of rotatable bonds is 4. The quantitative estimate of drug-likeness (QED) is 0.187. The molecule has 0 saturated carbocycles. The van der Waals surface area contributed by atoms with Gasteiger partial charge in [0.15, 0.2) is 11.6 Å². The van der Waals surface area contributed by atoms with E-state index in [1.807, 2.05) is 109 Å². The fourth-order valence-corrected chi connectivity index (χ4v) is 8.55. The van der Waals surface area contributed by atoms with Crippen molar-refractivity contribution < 1.29 is 4.21 Å².